The van der Waals surface area contributed by atoms with Crippen LogP contribution >= 0.6 is 22.6 Å². The van der Waals surface area contributed by atoms with Gasteiger partial charge in [-0.25, -0.2) is 4.79 Å². The van der Waals surface area contributed by atoms with Crippen LogP contribution in [0.25, 0.3) is 0 Å². The zero-order valence-electron chi connectivity index (χ0n) is 20.1. The molecule has 0 unspecified atom stereocenters. The molecule has 0 aromatic heterocycles. The Morgan fingerprint density at radius 1 is 1.00 bits per heavy atom. The molecule has 8 heteroatoms. The SMILES string of the molecule is CCOc1cc([C@H]2NC(=O)NC(C)=C2C(=O)NCc2ccccc2)cc(I)c1OCc1ccccc1. The summed E-state index contributed by atoms with van der Waals surface area (Å²) < 4.78 is 12.9. The van der Waals surface area contributed by atoms with Gasteiger partial charge in [0.25, 0.3) is 5.91 Å². The molecule has 3 aromatic rings. The van der Waals surface area contributed by atoms with Crippen LogP contribution in [0.2, 0.25) is 0 Å². The highest BCUT2D eigenvalue weighted by atomic mass is 127. The van der Waals surface area contributed by atoms with E-state index < -0.39 is 6.04 Å². The van der Waals surface area contributed by atoms with Crippen molar-refractivity contribution in [3.8, 4) is 11.5 Å². The molecule has 3 N–H and O–H groups in total. The van der Waals surface area contributed by atoms with Crippen molar-refractivity contribution in [1.82, 2.24) is 16.0 Å². The molecule has 0 saturated heterocycles. The summed E-state index contributed by atoms with van der Waals surface area (Å²) in [6, 6.07) is 22.3. The molecule has 4 rings (SSSR count). The average molecular weight is 597 g/mol. The smallest absolute Gasteiger partial charge is 0.319 e. The van der Waals surface area contributed by atoms with Crippen LogP contribution in [0.1, 0.15) is 36.6 Å². The minimum Gasteiger partial charge on any atom is -0.490 e. The van der Waals surface area contributed by atoms with Crippen molar-refractivity contribution >= 4 is 34.5 Å². The van der Waals surface area contributed by atoms with Gasteiger partial charge >= 0.3 is 6.03 Å². The first kappa shape index (κ1) is 25.6. The summed E-state index contributed by atoms with van der Waals surface area (Å²) in [6.45, 7) is 4.85. The van der Waals surface area contributed by atoms with Crippen LogP contribution in [0.15, 0.2) is 84.1 Å². The van der Waals surface area contributed by atoms with E-state index in [4.69, 9.17) is 9.47 Å². The normalized spacial score (nSPS) is 15.1. The number of carbonyl (C=O) groups excluding carboxylic acids is 2. The molecular weight excluding hydrogens is 569 g/mol. The Balaban J connectivity index is 1.62. The molecule has 186 valence electrons. The monoisotopic (exact) mass is 597 g/mol. The second-order valence-corrected chi connectivity index (χ2v) is 9.44. The van der Waals surface area contributed by atoms with Gasteiger partial charge < -0.3 is 25.4 Å². The molecular formula is C28H28IN3O4. The number of hydrogen-bond donors (Lipinski definition) is 3. The fourth-order valence-corrected chi connectivity index (χ4v) is 4.79. The second-order valence-electron chi connectivity index (χ2n) is 8.28. The van der Waals surface area contributed by atoms with E-state index in [0.29, 0.717) is 42.5 Å². The number of benzene rings is 3. The molecule has 36 heavy (non-hydrogen) atoms. The molecule has 0 bridgehead atoms. The molecule has 1 heterocycles. The lowest BCUT2D eigenvalue weighted by Gasteiger charge is -2.29. The first-order chi connectivity index (χ1) is 17.5. The van der Waals surface area contributed by atoms with E-state index in [2.05, 4.69) is 38.5 Å². The Morgan fingerprint density at radius 3 is 2.33 bits per heavy atom. The molecule has 3 aromatic carbocycles. The molecule has 0 radical (unpaired) electrons. The lowest BCUT2D eigenvalue weighted by molar-refractivity contribution is -0.118. The summed E-state index contributed by atoms with van der Waals surface area (Å²) >= 11 is 2.20. The maximum absolute atomic E-state index is 13.3. The van der Waals surface area contributed by atoms with Crippen molar-refractivity contribution in [2.24, 2.45) is 0 Å². The molecule has 1 aliphatic heterocycles. The van der Waals surface area contributed by atoms with Crippen LogP contribution in [-0.4, -0.2) is 18.5 Å². The van der Waals surface area contributed by atoms with E-state index >= 15 is 0 Å². The fourth-order valence-electron chi connectivity index (χ4n) is 4.01. The van der Waals surface area contributed by atoms with Gasteiger partial charge in [0.15, 0.2) is 11.5 Å². The number of hydrogen-bond acceptors (Lipinski definition) is 4. The van der Waals surface area contributed by atoms with Crippen molar-refractivity contribution < 1.29 is 19.1 Å². The average Bonchev–Trinajstić information content (AvgIpc) is 2.87. The van der Waals surface area contributed by atoms with E-state index in [-0.39, 0.29) is 11.9 Å². The van der Waals surface area contributed by atoms with Gasteiger partial charge in [-0.05, 0) is 65.3 Å². The summed E-state index contributed by atoms with van der Waals surface area (Å²) in [6.07, 6.45) is 0. The Bertz CT molecular complexity index is 1260. The highest BCUT2D eigenvalue weighted by Gasteiger charge is 2.32. The zero-order valence-corrected chi connectivity index (χ0v) is 22.3. The minimum atomic E-state index is -0.648. The number of nitrogens with one attached hydrogen (secondary N) is 3. The van der Waals surface area contributed by atoms with Gasteiger partial charge in [-0.15, -0.1) is 0 Å². The van der Waals surface area contributed by atoms with Crippen molar-refractivity contribution in [3.05, 3.63) is 104 Å². The van der Waals surface area contributed by atoms with E-state index in [1.165, 1.54) is 0 Å². The van der Waals surface area contributed by atoms with Gasteiger partial charge in [0.2, 0.25) is 0 Å². The first-order valence-corrected chi connectivity index (χ1v) is 12.8. The Kier molecular flexibility index (Phi) is 8.48. The number of ether oxygens (including phenoxy) is 2. The lowest BCUT2D eigenvalue weighted by atomic mass is 9.94. The van der Waals surface area contributed by atoms with Crippen LogP contribution < -0.4 is 25.4 Å². The fraction of sp³-hybridized carbons (Fsp3) is 0.214. The number of allylic oxidation sites excluding steroid dienone is 1. The Hall–Kier alpha value is -3.53. The highest BCUT2D eigenvalue weighted by Crippen LogP contribution is 2.38. The summed E-state index contributed by atoms with van der Waals surface area (Å²) in [5.74, 6) is 0.928. The van der Waals surface area contributed by atoms with E-state index in [1.54, 1.807) is 6.92 Å². The quantitative estimate of drug-likeness (QED) is 0.296. The molecule has 7 nitrogen and oxygen atoms in total. The van der Waals surface area contributed by atoms with Crippen LogP contribution in [0.3, 0.4) is 0 Å². The molecule has 0 fully saturated rings. The van der Waals surface area contributed by atoms with Gasteiger partial charge in [0, 0.05) is 12.2 Å². The summed E-state index contributed by atoms with van der Waals surface area (Å²) in [4.78, 5) is 25.7. The van der Waals surface area contributed by atoms with Crippen LogP contribution in [0.4, 0.5) is 4.79 Å². The summed E-state index contributed by atoms with van der Waals surface area (Å²) in [7, 11) is 0. The summed E-state index contributed by atoms with van der Waals surface area (Å²) in [5, 5.41) is 8.59. The molecule has 1 atom stereocenters. The zero-order chi connectivity index (χ0) is 25.5. The molecule has 0 saturated carbocycles. The third-order valence-corrected chi connectivity index (χ3v) is 6.50. The third-order valence-electron chi connectivity index (χ3n) is 5.70. The topological polar surface area (TPSA) is 88.7 Å². The maximum Gasteiger partial charge on any atom is 0.319 e. The predicted molar refractivity (Wildman–Crippen MR) is 146 cm³/mol. The molecule has 0 aliphatic carbocycles. The second kappa shape index (κ2) is 11.9. The van der Waals surface area contributed by atoms with Crippen molar-refractivity contribution in [2.45, 2.75) is 33.0 Å². The standard InChI is InChI=1S/C28H28IN3O4/c1-3-35-23-15-21(14-22(29)26(23)36-17-20-12-8-5-9-13-20)25-24(18(2)31-28(34)32-25)27(33)30-16-19-10-6-4-7-11-19/h4-15,25H,3,16-17H2,1-2H3,(H,30,33)(H2,31,32,34)/t25-/m1/s1. The van der Waals surface area contributed by atoms with E-state index in [1.807, 2.05) is 79.7 Å². The number of urea groups is 1. The van der Waals surface area contributed by atoms with E-state index in [0.717, 1.165) is 20.3 Å². The van der Waals surface area contributed by atoms with Gasteiger partial charge in [0.05, 0.1) is 21.8 Å². The van der Waals surface area contributed by atoms with Gasteiger partial charge in [0.1, 0.15) is 6.61 Å². The molecule has 3 amide bonds. The molecule has 1 aliphatic rings. The Labute approximate surface area is 224 Å². The van der Waals surface area contributed by atoms with Crippen LogP contribution in [0, 0.1) is 3.57 Å². The van der Waals surface area contributed by atoms with Crippen LogP contribution in [-0.2, 0) is 17.9 Å². The van der Waals surface area contributed by atoms with Gasteiger partial charge in [-0.1, -0.05) is 60.7 Å². The van der Waals surface area contributed by atoms with Gasteiger partial charge in [-0.3, -0.25) is 4.79 Å². The van der Waals surface area contributed by atoms with Crippen molar-refractivity contribution in [1.29, 1.82) is 0 Å². The molecule has 0 spiro atoms. The number of rotatable bonds is 9. The lowest BCUT2D eigenvalue weighted by Crippen LogP contribution is -2.47. The van der Waals surface area contributed by atoms with E-state index in [9.17, 15) is 9.59 Å². The minimum absolute atomic E-state index is 0.258. The first-order valence-electron chi connectivity index (χ1n) is 11.7. The van der Waals surface area contributed by atoms with Gasteiger partial charge in [-0.2, -0.15) is 0 Å². The highest BCUT2D eigenvalue weighted by molar-refractivity contribution is 14.1. The van der Waals surface area contributed by atoms with Crippen molar-refractivity contribution in [2.75, 3.05) is 6.61 Å². The Morgan fingerprint density at radius 2 is 1.67 bits per heavy atom. The largest absolute Gasteiger partial charge is 0.490 e. The van der Waals surface area contributed by atoms with Crippen LogP contribution in [0.5, 0.6) is 11.5 Å². The third kappa shape index (κ3) is 6.17. The maximum atomic E-state index is 13.3. The number of amides is 3. The predicted octanol–water partition coefficient (Wildman–Crippen LogP) is 5.21. The number of carbonyl (C=O) groups is 2. The number of halogens is 1. The van der Waals surface area contributed by atoms with Crippen molar-refractivity contribution in [3.63, 3.8) is 0 Å². The summed E-state index contributed by atoms with van der Waals surface area (Å²) in [5.41, 5.74) is 3.71.